The van der Waals surface area contributed by atoms with E-state index < -0.39 is 5.97 Å². The van der Waals surface area contributed by atoms with Gasteiger partial charge in [-0.2, -0.15) is 0 Å². The fourth-order valence-corrected chi connectivity index (χ4v) is 1.65. The van der Waals surface area contributed by atoms with Crippen LogP contribution in [0.5, 0.6) is 0 Å². The van der Waals surface area contributed by atoms with Gasteiger partial charge in [-0.25, -0.2) is 9.78 Å². The van der Waals surface area contributed by atoms with Gasteiger partial charge in [0.05, 0.1) is 6.61 Å². The summed E-state index contributed by atoms with van der Waals surface area (Å²) in [4.78, 5) is 20.8. The van der Waals surface area contributed by atoms with Crippen molar-refractivity contribution < 1.29 is 14.4 Å². The molecule has 1 aromatic heterocycles. The van der Waals surface area contributed by atoms with Crippen molar-refractivity contribution in [1.29, 1.82) is 0 Å². The van der Waals surface area contributed by atoms with E-state index in [2.05, 4.69) is 10.1 Å². The third kappa shape index (κ3) is 4.33. The maximum Gasteiger partial charge on any atom is 0.362 e. The Labute approximate surface area is 110 Å². The standard InChI is InChI=1S/C11H17N3O3S/c1-3-5-6-17-14-9(10(15)16-4-2)8-7-18-11(12)13-8/h7H,3-6H2,1-2H3,(H2,12,13). The Hall–Kier alpha value is -1.63. The van der Waals surface area contributed by atoms with Gasteiger partial charge in [0, 0.05) is 5.38 Å². The number of anilines is 1. The van der Waals surface area contributed by atoms with E-state index in [4.69, 9.17) is 15.3 Å². The first-order chi connectivity index (χ1) is 8.69. The van der Waals surface area contributed by atoms with Crippen LogP contribution in [0.25, 0.3) is 0 Å². The third-order valence-corrected chi connectivity index (χ3v) is 2.65. The summed E-state index contributed by atoms with van der Waals surface area (Å²) in [5.41, 5.74) is 5.96. The molecule has 0 saturated carbocycles. The van der Waals surface area contributed by atoms with E-state index in [0.717, 1.165) is 12.8 Å². The van der Waals surface area contributed by atoms with Crippen LogP contribution >= 0.6 is 11.3 Å². The molecule has 0 unspecified atom stereocenters. The summed E-state index contributed by atoms with van der Waals surface area (Å²) in [6, 6.07) is 0. The van der Waals surface area contributed by atoms with Crippen LogP contribution in [0, 0.1) is 0 Å². The summed E-state index contributed by atoms with van der Waals surface area (Å²) in [5, 5.41) is 5.81. The lowest BCUT2D eigenvalue weighted by Gasteiger charge is -2.03. The Morgan fingerprint density at radius 3 is 2.89 bits per heavy atom. The molecule has 0 bridgehead atoms. The molecule has 1 rings (SSSR count). The molecule has 2 N–H and O–H groups in total. The minimum atomic E-state index is -0.556. The zero-order valence-electron chi connectivity index (χ0n) is 10.5. The molecule has 1 heterocycles. The lowest BCUT2D eigenvalue weighted by atomic mass is 10.3. The van der Waals surface area contributed by atoms with Crippen LogP contribution in [0.1, 0.15) is 32.4 Å². The molecule has 0 aromatic carbocycles. The maximum absolute atomic E-state index is 11.7. The number of carbonyl (C=O) groups excluding carboxylic acids is 1. The molecule has 0 aliphatic rings. The van der Waals surface area contributed by atoms with Crippen molar-refractivity contribution in [3.05, 3.63) is 11.1 Å². The van der Waals surface area contributed by atoms with Crippen LogP contribution in [-0.4, -0.2) is 29.9 Å². The van der Waals surface area contributed by atoms with E-state index in [1.54, 1.807) is 12.3 Å². The van der Waals surface area contributed by atoms with Crippen molar-refractivity contribution in [2.75, 3.05) is 18.9 Å². The Morgan fingerprint density at radius 1 is 1.56 bits per heavy atom. The smallest absolute Gasteiger partial charge is 0.362 e. The highest BCUT2D eigenvalue weighted by molar-refractivity contribution is 7.13. The number of thiazole rings is 1. The van der Waals surface area contributed by atoms with Crippen LogP contribution in [0.15, 0.2) is 10.5 Å². The molecule has 6 nitrogen and oxygen atoms in total. The van der Waals surface area contributed by atoms with E-state index in [1.807, 2.05) is 6.92 Å². The lowest BCUT2D eigenvalue weighted by molar-refractivity contribution is -0.135. The molecule has 1 aromatic rings. The molecule has 0 atom stereocenters. The summed E-state index contributed by atoms with van der Waals surface area (Å²) in [6.07, 6.45) is 1.87. The molecular formula is C11H17N3O3S. The molecule has 0 fully saturated rings. The topological polar surface area (TPSA) is 86.8 Å². The Morgan fingerprint density at radius 2 is 2.33 bits per heavy atom. The fraction of sp³-hybridized carbons (Fsp3) is 0.545. The van der Waals surface area contributed by atoms with E-state index in [0.29, 0.717) is 17.4 Å². The average molecular weight is 271 g/mol. The molecule has 0 amide bonds. The second-order valence-corrected chi connectivity index (χ2v) is 4.31. The average Bonchev–Trinajstić information content (AvgIpc) is 2.76. The molecule has 7 heteroatoms. The summed E-state index contributed by atoms with van der Waals surface area (Å²) >= 11 is 1.23. The Balaban J connectivity index is 2.78. The number of hydrogen-bond acceptors (Lipinski definition) is 7. The third-order valence-electron chi connectivity index (χ3n) is 1.98. The molecule has 0 aliphatic carbocycles. The normalized spacial score (nSPS) is 11.3. The van der Waals surface area contributed by atoms with Gasteiger partial charge in [0.1, 0.15) is 12.3 Å². The van der Waals surface area contributed by atoms with E-state index >= 15 is 0 Å². The molecule has 0 saturated heterocycles. The first-order valence-corrected chi connectivity index (χ1v) is 6.65. The minimum absolute atomic E-state index is 0.0564. The van der Waals surface area contributed by atoms with Gasteiger partial charge in [-0.15, -0.1) is 11.3 Å². The number of aromatic nitrogens is 1. The molecule has 100 valence electrons. The van der Waals surface area contributed by atoms with Gasteiger partial charge in [-0.1, -0.05) is 18.5 Å². The van der Waals surface area contributed by atoms with Crippen molar-refractivity contribution >= 4 is 28.1 Å². The van der Waals surface area contributed by atoms with Crippen molar-refractivity contribution in [2.45, 2.75) is 26.7 Å². The molecular weight excluding hydrogens is 254 g/mol. The highest BCUT2D eigenvalue weighted by Crippen LogP contribution is 2.13. The fourth-order valence-electron chi connectivity index (χ4n) is 1.10. The quantitative estimate of drug-likeness (QED) is 0.354. The minimum Gasteiger partial charge on any atom is -0.461 e. The molecule has 0 spiro atoms. The van der Waals surface area contributed by atoms with Crippen LogP contribution < -0.4 is 5.73 Å². The largest absolute Gasteiger partial charge is 0.461 e. The summed E-state index contributed by atoms with van der Waals surface area (Å²) in [6.45, 7) is 4.49. The number of rotatable bonds is 7. The maximum atomic E-state index is 11.7. The summed E-state index contributed by atoms with van der Waals surface area (Å²) < 4.78 is 4.90. The van der Waals surface area contributed by atoms with E-state index in [-0.39, 0.29) is 12.3 Å². The number of unbranched alkanes of at least 4 members (excludes halogenated alkanes) is 1. The van der Waals surface area contributed by atoms with Crippen molar-refractivity contribution in [1.82, 2.24) is 4.98 Å². The van der Waals surface area contributed by atoms with Crippen molar-refractivity contribution in [2.24, 2.45) is 5.16 Å². The first kappa shape index (κ1) is 14.4. The van der Waals surface area contributed by atoms with Gasteiger partial charge in [-0.05, 0) is 13.3 Å². The van der Waals surface area contributed by atoms with Crippen LogP contribution in [0.2, 0.25) is 0 Å². The number of nitrogen functional groups attached to an aromatic ring is 1. The Kier molecular flexibility index (Phi) is 6.13. The lowest BCUT2D eigenvalue weighted by Crippen LogP contribution is -2.20. The molecule has 0 radical (unpaired) electrons. The van der Waals surface area contributed by atoms with Gasteiger partial charge in [0.2, 0.25) is 5.71 Å². The zero-order valence-corrected chi connectivity index (χ0v) is 11.3. The molecule has 0 aliphatic heterocycles. The second kappa shape index (κ2) is 7.65. The second-order valence-electron chi connectivity index (χ2n) is 3.42. The highest BCUT2D eigenvalue weighted by Gasteiger charge is 2.19. The summed E-state index contributed by atoms with van der Waals surface area (Å²) in [5.74, 6) is -0.556. The predicted molar refractivity (Wildman–Crippen MR) is 70.6 cm³/mol. The van der Waals surface area contributed by atoms with Gasteiger partial charge >= 0.3 is 5.97 Å². The number of nitrogens with zero attached hydrogens (tertiary/aromatic N) is 2. The number of hydrogen-bond donors (Lipinski definition) is 1. The van der Waals surface area contributed by atoms with Crippen molar-refractivity contribution in [3.8, 4) is 0 Å². The van der Waals surface area contributed by atoms with Crippen LogP contribution in [-0.2, 0) is 14.4 Å². The number of carbonyl (C=O) groups is 1. The Bertz CT molecular complexity index is 417. The van der Waals surface area contributed by atoms with Crippen molar-refractivity contribution in [3.63, 3.8) is 0 Å². The summed E-state index contributed by atoms with van der Waals surface area (Å²) in [7, 11) is 0. The number of oxime groups is 1. The SMILES string of the molecule is CCCCON=C(C(=O)OCC)c1csc(N)n1. The molecule has 18 heavy (non-hydrogen) atoms. The van der Waals surface area contributed by atoms with Gasteiger partial charge < -0.3 is 15.3 Å². The van der Waals surface area contributed by atoms with E-state index in [9.17, 15) is 4.79 Å². The van der Waals surface area contributed by atoms with Gasteiger partial charge in [-0.3, -0.25) is 0 Å². The van der Waals surface area contributed by atoms with Gasteiger partial charge in [0.25, 0.3) is 0 Å². The number of ether oxygens (including phenoxy) is 1. The zero-order chi connectivity index (χ0) is 13.4. The predicted octanol–water partition coefficient (Wildman–Crippen LogP) is 1.81. The first-order valence-electron chi connectivity index (χ1n) is 5.77. The van der Waals surface area contributed by atoms with Gasteiger partial charge in [0.15, 0.2) is 5.13 Å². The van der Waals surface area contributed by atoms with E-state index in [1.165, 1.54) is 11.3 Å². The highest BCUT2D eigenvalue weighted by atomic mass is 32.1. The van der Waals surface area contributed by atoms with Crippen LogP contribution in [0.4, 0.5) is 5.13 Å². The van der Waals surface area contributed by atoms with Crippen LogP contribution in [0.3, 0.4) is 0 Å². The monoisotopic (exact) mass is 271 g/mol. The number of esters is 1. The number of nitrogens with two attached hydrogens (primary N) is 1.